The van der Waals surface area contributed by atoms with E-state index in [1.54, 1.807) is 0 Å². The van der Waals surface area contributed by atoms with E-state index in [1.807, 2.05) is 70.5 Å². The average molecular weight is 433 g/mol. The first-order valence-corrected chi connectivity index (χ1v) is 12.5. The van der Waals surface area contributed by atoms with Gasteiger partial charge in [0.15, 0.2) is 0 Å². The van der Waals surface area contributed by atoms with Gasteiger partial charge >= 0.3 is 0 Å². The van der Waals surface area contributed by atoms with Crippen LogP contribution in [0.15, 0.2) is 60.7 Å². The van der Waals surface area contributed by atoms with Crippen molar-refractivity contribution in [3.63, 3.8) is 0 Å². The summed E-state index contributed by atoms with van der Waals surface area (Å²) in [5.41, 5.74) is 1.86. The third-order valence-electron chi connectivity index (χ3n) is 7.12. The van der Waals surface area contributed by atoms with Crippen molar-refractivity contribution in [3.05, 3.63) is 60.7 Å². The van der Waals surface area contributed by atoms with Crippen molar-refractivity contribution < 1.29 is 9.59 Å². The molecule has 2 aromatic carbocycles. The van der Waals surface area contributed by atoms with E-state index in [0.717, 1.165) is 62.7 Å². The van der Waals surface area contributed by atoms with Gasteiger partial charge in [-0.2, -0.15) is 0 Å². The first-order chi connectivity index (χ1) is 15.7. The lowest BCUT2D eigenvalue weighted by atomic mass is 9.88. The van der Waals surface area contributed by atoms with E-state index in [1.165, 1.54) is 12.8 Å². The first-order valence-electron chi connectivity index (χ1n) is 12.5. The monoisotopic (exact) mass is 432 g/mol. The molecular weight excluding hydrogens is 396 g/mol. The number of nitrogens with zero attached hydrogens (tertiary/aromatic N) is 2. The summed E-state index contributed by atoms with van der Waals surface area (Å²) < 4.78 is 0. The van der Waals surface area contributed by atoms with Crippen molar-refractivity contribution in [1.29, 1.82) is 0 Å². The van der Waals surface area contributed by atoms with Crippen LogP contribution in [0.3, 0.4) is 0 Å². The molecule has 0 bridgehead atoms. The van der Waals surface area contributed by atoms with Crippen LogP contribution in [0.4, 0.5) is 11.4 Å². The van der Waals surface area contributed by atoms with Crippen molar-refractivity contribution in [2.75, 3.05) is 22.9 Å². The van der Waals surface area contributed by atoms with Gasteiger partial charge in [0.1, 0.15) is 0 Å². The molecule has 2 saturated carbocycles. The van der Waals surface area contributed by atoms with E-state index in [-0.39, 0.29) is 23.7 Å². The molecule has 0 unspecified atom stereocenters. The Morgan fingerprint density at radius 1 is 0.562 bits per heavy atom. The van der Waals surface area contributed by atoms with Crippen molar-refractivity contribution in [2.24, 2.45) is 11.8 Å². The van der Waals surface area contributed by atoms with Crippen LogP contribution in [-0.4, -0.2) is 24.9 Å². The maximum atomic E-state index is 13.5. The highest BCUT2D eigenvalue weighted by atomic mass is 16.2. The molecule has 0 radical (unpaired) electrons. The summed E-state index contributed by atoms with van der Waals surface area (Å²) in [7, 11) is 0. The Hall–Kier alpha value is -2.62. The molecule has 0 N–H and O–H groups in total. The SMILES string of the molecule is O=C(C1CCCCC1)N(CCN(C(=O)C1CCCCC1)c1ccccc1)c1ccccc1. The van der Waals surface area contributed by atoms with Gasteiger partial charge in [0.2, 0.25) is 11.8 Å². The van der Waals surface area contributed by atoms with Crippen LogP contribution in [0.2, 0.25) is 0 Å². The Morgan fingerprint density at radius 2 is 0.906 bits per heavy atom. The summed E-state index contributed by atoms with van der Waals surface area (Å²) in [5, 5.41) is 0. The maximum absolute atomic E-state index is 13.5. The van der Waals surface area contributed by atoms with Crippen LogP contribution in [0.1, 0.15) is 64.2 Å². The zero-order valence-corrected chi connectivity index (χ0v) is 19.1. The molecule has 2 fully saturated rings. The highest BCUT2D eigenvalue weighted by Gasteiger charge is 2.30. The lowest BCUT2D eigenvalue weighted by molar-refractivity contribution is -0.124. The molecular formula is C28H36N2O2. The lowest BCUT2D eigenvalue weighted by Crippen LogP contribution is -2.45. The van der Waals surface area contributed by atoms with Gasteiger partial charge in [0.05, 0.1) is 0 Å². The number of amides is 2. The predicted molar refractivity (Wildman–Crippen MR) is 131 cm³/mol. The zero-order chi connectivity index (χ0) is 22.2. The minimum atomic E-state index is 0.100. The van der Waals surface area contributed by atoms with Gasteiger partial charge in [-0.1, -0.05) is 74.9 Å². The molecule has 4 rings (SSSR count). The lowest BCUT2D eigenvalue weighted by Gasteiger charge is -2.33. The molecule has 32 heavy (non-hydrogen) atoms. The van der Waals surface area contributed by atoms with Crippen LogP contribution < -0.4 is 9.80 Å². The topological polar surface area (TPSA) is 40.6 Å². The van der Waals surface area contributed by atoms with Gasteiger partial charge < -0.3 is 9.80 Å². The number of anilines is 2. The number of rotatable bonds is 7. The van der Waals surface area contributed by atoms with Gasteiger partial charge in [-0.15, -0.1) is 0 Å². The zero-order valence-electron chi connectivity index (χ0n) is 19.1. The molecule has 4 heteroatoms. The fraction of sp³-hybridized carbons (Fsp3) is 0.500. The Balaban J connectivity index is 1.55. The van der Waals surface area contributed by atoms with Crippen molar-refractivity contribution >= 4 is 23.2 Å². The predicted octanol–water partition coefficient (Wildman–Crippen LogP) is 6.21. The molecule has 0 aromatic heterocycles. The number of carbonyl (C=O) groups is 2. The molecule has 0 saturated heterocycles. The van der Waals surface area contributed by atoms with Crippen LogP contribution in [0.25, 0.3) is 0 Å². The minimum absolute atomic E-state index is 0.100. The van der Waals surface area contributed by atoms with Crippen molar-refractivity contribution in [1.82, 2.24) is 0 Å². The fourth-order valence-electron chi connectivity index (χ4n) is 5.29. The third-order valence-corrected chi connectivity index (χ3v) is 7.12. The molecule has 2 amide bonds. The second kappa shape index (κ2) is 11.3. The van der Waals surface area contributed by atoms with Crippen LogP contribution in [0, 0.1) is 11.8 Å². The second-order valence-electron chi connectivity index (χ2n) is 9.32. The van der Waals surface area contributed by atoms with E-state index in [4.69, 9.17) is 0 Å². The summed E-state index contributed by atoms with van der Waals surface area (Å²) in [6.07, 6.45) is 10.9. The second-order valence-corrected chi connectivity index (χ2v) is 9.32. The van der Waals surface area contributed by atoms with Gasteiger partial charge in [0, 0.05) is 36.3 Å². The Kier molecular flexibility index (Phi) is 7.97. The number of hydrogen-bond donors (Lipinski definition) is 0. The number of para-hydroxylation sites is 2. The quantitative estimate of drug-likeness (QED) is 0.522. The highest BCUT2D eigenvalue weighted by Crippen LogP contribution is 2.30. The largest absolute Gasteiger partial charge is 0.310 e. The minimum Gasteiger partial charge on any atom is -0.310 e. The Morgan fingerprint density at radius 3 is 1.25 bits per heavy atom. The summed E-state index contributed by atoms with van der Waals surface area (Å²) in [6, 6.07) is 19.9. The molecule has 2 aromatic rings. The van der Waals surface area contributed by atoms with E-state index in [9.17, 15) is 9.59 Å². The smallest absolute Gasteiger partial charge is 0.230 e. The number of hydrogen-bond acceptors (Lipinski definition) is 2. The molecule has 4 nitrogen and oxygen atoms in total. The Labute approximate surface area is 192 Å². The van der Waals surface area contributed by atoms with Gasteiger partial charge in [-0.05, 0) is 49.9 Å². The number of carbonyl (C=O) groups excluding carboxylic acids is 2. The summed E-state index contributed by atoms with van der Waals surface area (Å²) in [6.45, 7) is 1.04. The van der Waals surface area contributed by atoms with Gasteiger partial charge in [-0.3, -0.25) is 9.59 Å². The third kappa shape index (κ3) is 5.59. The van der Waals surface area contributed by atoms with E-state index in [0.29, 0.717) is 13.1 Å². The molecule has 0 atom stereocenters. The molecule has 2 aliphatic rings. The summed E-state index contributed by atoms with van der Waals surface area (Å²) in [4.78, 5) is 30.9. The van der Waals surface area contributed by atoms with Crippen LogP contribution in [-0.2, 0) is 9.59 Å². The van der Waals surface area contributed by atoms with E-state index >= 15 is 0 Å². The standard InChI is InChI=1S/C28H36N2O2/c31-27(23-13-5-1-6-14-23)29(25-17-9-3-10-18-25)21-22-30(26-19-11-4-12-20-26)28(32)24-15-7-2-8-16-24/h3-4,9-12,17-20,23-24H,1-2,5-8,13-16,21-22H2. The molecule has 0 spiro atoms. The number of benzene rings is 2. The normalized spacial score (nSPS) is 17.6. The highest BCUT2D eigenvalue weighted by molar-refractivity contribution is 5.97. The molecule has 2 aliphatic carbocycles. The Bertz CT molecular complexity index is 782. The van der Waals surface area contributed by atoms with Crippen LogP contribution >= 0.6 is 0 Å². The van der Waals surface area contributed by atoms with Crippen molar-refractivity contribution in [3.8, 4) is 0 Å². The molecule has 0 heterocycles. The maximum Gasteiger partial charge on any atom is 0.230 e. The van der Waals surface area contributed by atoms with Gasteiger partial charge in [-0.25, -0.2) is 0 Å². The summed E-state index contributed by atoms with van der Waals surface area (Å²) in [5.74, 6) is 0.634. The fourth-order valence-corrected chi connectivity index (χ4v) is 5.29. The summed E-state index contributed by atoms with van der Waals surface area (Å²) >= 11 is 0. The molecule has 0 aliphatic heterocycles. The molecule has 170 valence electrons. The van der Waals surface area contributed by atoms with Crippen LogP contribution in [0.5, 0.6) is 0 Å². The van der Waals surface area contributed by atoms with E-state index < -0.39 is 0 Å². The first kappa shape index (κ1) is 22.6. The van der Waals surface area contributed by atoms with E-state index in [2.05, 4.69) is 0 Å². The van der Waals surface area contributed by atoms with Crippen molar-refractivity contribution in [2.45, 2.75) is 64.2 Å². The average Bonchev–Trinajstić information content (AvgIpc) is 2.88. The van der Waals surface area contributed by atoms with Gasteiger partial charge in [0.25, 0.3) is 0 Å².